The molecule has 34 heavy (non-hydrogen) atoms. The van der Waals surface area contributed by atoms with E-state index in [9.17, 15) is 4.79 Å². The molecule has 3 aromatic rings. The minimum atomic E-state index is -0.385. The molecule has 1 aliphatic heterocycles. The molecule has 0 aliphatic carbocycles. The summed E-state index contributed by atoms with van der Waals surface area (Å²) in [5, 5.41) is 15.0. The maximum atomic E-state index is 12.7. The molecule has 0 radical (unpaired) electrons. The molecule has 180 valence electrons. The number of β-amino-alcohol motifs (C(OH)–C–C–N with tert-alkyl or cyclic N) is 1. The van der Waals surface area contributed by atoms with Crippen LogP contribution in [-0.4, -0.2) is 75.2 Å². The number of hydrogen-bond donors (Lipinski definition) is 3. The van der Waals surface area contributed by atoms with Gasteiger partial charge in [0.25, 0.3) is 5.91 Å². The van der Waals surface area contributed by atoms with Crippen LogP contribution in [0.25, 0.3) is 0 Å². The minimum Gasteiger partial charge on any atom is -0.418 e. The van der Waals surface area contributed by atoms with Crippen molar-refractivity contribution in [2.45, 2.75) is 27.7 Å². The molecule has 1 fully saturated rings. The van der Waals surface area contributed by atoms with E-state index in [1.807, 2.05) is 32.9 Å². The van der Waals surface area contributed by atoms with Crippen molar-refractivity contribution in [3.8, 4) is 0 Å². The summed E-state index contributed by atoms with van der Waals surface area (Å²) in [7, 11) is 0. The normalized spacial score (nSPS) is 14.3. The van der Waals surface area contributed by atoms with Crippen LogP contribution in [0.5, 0.6) is 0 Å². The molecule has 1 aromatic carbocycles. The van der Waals surface area contributed by atoms with E-state index in [1.165, 1.54) is 6.20 Å². The van der Waals surface area contributed by atoms with Gasteiger partial charge in [0, 0.05) is 38.4 Å². The smallest absolute Gasteiger partial charge is 0.302 e. The zero-order valence-electron chi connectivity index (χ0n) is 19.9. The second-order valence-corrected chi connectivity index (χ2v) is 8.44. The highest BCUT2D eigenvalue weighted by Crippen LogP contribution is 2.23. The summed E-state index contributed by atoms with van der Waals surface area (Å²) in [5.41, 5.74) is 3.86. The van der Waals surface area contributed by atoms with Crippen LogP contribution in [0.2, 0.25) is 0 Å². The molecule has 0 saturated carbocycles. The first-order valence-electron chi connectivity index (χ1n) is 11.3. The molecule has 3 heterocycles. The molecule has 0 unspecified atom stereocenters. The van der Waals surface area contributed by atoms with Gasteiger partial charge >= 0.3 is 6.01 Å². The average molecular weight is 467 g/mol. The summed E-state index contributed by atoms with van der Waals surface area (Å²) in [4.78, 5) is 34.4. The van der Waals surface area contributed by atoms with Gasteiger partial charge in [-0.1, -0.05) is 17.7 Å². The van der Waals surface area contributed by atoms with E-state index < -0.39 is 0 Å². The molecule has 0 atom stereocenters. The maximum absolute atomic E-state index is 12.7. The van der Waals surface area contributed by atoms with Gasteiger partial charge in [-0.15, -0.1) is 0 Å². The van der Waals surface area contributed by atoms with Crippen LogP contribution in [0.3, 0.4) is 0 Å². The number of aryl methyl sites for hydroxylation is 4. The van der Waals surface area contributed by atoms with Crippen LogP contribution >= 0.6 is 0 Å². The van der Waals surface area contributed by atoms with Crippen molar-refractivity contribution >= 4 is 29.5 Å². The van der Waals surface area contributed by atoms with Gasteiger partial charge in [0.15, 0.2) is 0 Å². The number of aliphatic hydroxyl groups is 1. The number of amides is 1. The number of anilines is 4. The van der Waals surface area contributed by atoms with E-state index >= 15 is 0 Å². The van der Waals surface area contributed by atoms with Gasteiger partial charge < -0.3 is 19.7 Å². The number of nitrogens with zero attached hydrogens (tertiary/aromatic N) is 6. The van der Waals surface area contributed by atoms with E-state index in [4.69, 9.17) is 9.52 Å². The van der Waals surface area contributed by atoms with Gasteiger partial charge in [-0.3, -0.25) is 15.0 Å². The lowest BCUT2D eigenvalue weighted by Crippen LogP contribution is -2.47. The maximum Gasteiger partial charge on any atom is 0.302 e. The lowest BCUT2D eigenvalue weighted by molar-refractivity contribution is 0.0997. The van der Waals surface area contributed by atoms with E-state index in [2.05, 4.69) is 40.4 Å². The molecule has 1 saturated heterocycles. The number of aromatic nitrogens is 4. The molecule has 1 amide bonds. The number of piperazine rings is 1. The van der Waals surface area contributed by atoms with Crippen molar-refractivity contribution in [1.82, 2.24) is 24.8 Å². The number of carbonyl (C=O) groups excluding carboxylic acids is 1. The highest BCUT2D eigenvalue weighted by molar-refractivity contribution is 6.03. The predicted molar refractivity (Wildman–Crippen MR) is 129 cm³/mol. The Morgan fingerprint density at radius 2 is 1.76 bits per heavy atom. The standard InChI is InChI=1S/C23H30N8O3/c1-14-11-15(2)19(16(3)12-14)27-20(33)18-13-24-23(34-18)29-21-25-17(4)26-22(28-21)31-7-5-30(6-8-31)9-10-32/h11-13,32H,5-10H2,1-4H3,(H,27,33)(H,24,25,26,28,29). The van der Waals surface area contributed by atoms with Crippen molar-refractivity contribution in [1.29, 1.82) is 0 Å². The Hall–Kier alpha value is -3.57. The third-order valence-corrected chi connectivity index (χ3v) is 5.67. The molecule has 3 N–H and O–H groups in total. The summed E-state index contributed by atoms with van der Waals surface area (Å²) in [6.45, 7) is 11.7. The van der Waals surface area contributed by atoms with Gasteiger partial charge in [-0.2, -0.15) is 15.0 Å². The van der Waals surface area contributed by atoms with Crippen molar-refractivity contribution in [2.24, 2.45) is 0 Å². The monoisotopic (exact) mass is 466 g/mol. The Balaban J connectivity index is 1.43. The van der Waals surface area contributed by atoms with Crippen LogP contribution in [0.4, 0.5) is 23.6 Å². The minimum absolute atomic E-state index is 0.0767. The molecule has 4 rings (SSSR count). The Labute approximate surface area is 198 Å². The molecular formula is C23H30N8O3. The highest BCUT2D eigenvalue weighted by atomic mass is 16.4. The molecule has 11 nitrogen and oxygen atoms in total. The third-order valence-electron chi connectivity index (χ3n) is 5.67. The van der Waals surface area contributed by atoms with Gasteiger partial charge in [0.05, 0.1) is 12.8 Å². The van der Waals surface area contributed by atoms with Crippen molar-refractivity contribution in [3.05, 3.63) is 46.6 Å². The van der Waals surface area contributed by atoms with Crippen molar-refractivity contribution in [3.63, 3.8) is 0 Å². The number of carbonyl (C=O) groups is 1. The molecule has 0 bridgehead atoms. The zero-order valence-corrected chi connectivity index (χ0v) is 19.9. The summed E-state index contributed by atoms with van der Waals surface area (Å²) in [5.74, 6) is 1.10. The van der Waals surface area contributed by atoms with Crippen LogP contribution in [0.15, 0.2) is 22.7 Å². The second-order valence-electron chi connectivity index (χ2n) is 8.44. The van der Waals surface area contributed by atoms with E-state index in [0.717, 1.165) is 48.6 Å². The third kappa shape index (κ3) is 5.49. The lowest BCUT2D eigenvalue weighted by atomic mass is 10.1. The van der Waals surface area contributed by atoms with E-state index in [-0.39, 0.29) is 24.3 Å². The predicted octanol–water partition coefficient (Wildman–Crippen LogP) is 2.20. The zero-order chi connectivity index (χ0) is 24.2. The topological polar surface area (TPSA) is 133 Å². The first-order valence-corrected chi connectivity index (χ1v) is 11.3. The van der Waals surface area contributed by atoms with E-state index in [1.54, 1.807) is 6.92 Å². The molecule has 11 heteroatoms. The van der Waals surface area contributed by atoms with Crippen molar-refractivity contribution < 1.29 is 14.3 Å². The number of hydrogen-bond acceptors (Lipinski definition) is 10. The fourth-order valence-corrected chi connectivity index (χ4v) is 4.06. The van der Waals surface area contributed by atoms with E-state index in [0.29, 0.717) is 24.3 Å². The first-order chi connectivity index (χ1) is 16.3. The van der Waals surface area contributed by atoms with Crippen molar-refractivity contribution in [2.75, 3.05) is 54.9 Å². The summed E-state index contributed by atoms with van der Waals surface area (Å²) >= 11 is 0. The summed E-state index contributed by atoms with van der Waals surface area (Å²) in [6.07, 6.45) is 1.37. The number of aliphatic hydroxyl groups excluding tert-OH is 1. The summed E-state index contributed by atoms with van der Waals surface area (Å²) < 4.78 is 5.61. The van der Waals surface area contributed by atoms with Gasteiger partial charge in [0.2, 0.25) is 17.7 Å². The SMILES string of the molecule is Cc1cc(C)c(NC(=O)c2cnc(Nc3nc(C)nc(N4CCN(CCO)CC4)n3)o2)c(C)c1. The fraction of sp³-hybridized carbons (Fsp3) is 0.435. The highest BCUT2D eigenvalue weighted by Gasteiger charge is 2.21. The molecule has 0 spiro atoms. The Kier molecular flexibility index (Phi) is 7.03. The average Bonchev–Trinajstić information content (AvgIpc) is 3.25. The van der Waals surface area contributed by atoms with Gasteiger partial charge in [0.1, 0.15) is 5.82 Å². The molecule has 2 aromatic heterocycles. The van der Waals surface area contributed by atoms with Crippen LogP contribution in [0, 0.1) is 27.7 Å². The Morgan fingerprint density at radius 1 is 1.06 bits per heavy atom. The lowest BCUT2D eigenvalue weighted by Gasteiger charge is -2.34. The van der Waals surface area contributed by atoms with Gasteiger partial charge in [-0.05, 0) is 38.8 Å². The van der Waals surface area contributed by atoms with Crippen LogP contribution in [0.1, 0.15) is 33.1 Å². The molecule has 1 aliphatic rings. The molecular weight excluding hydrogens is 436 g/mol. The Bertz CT molecular complexity index is 1150. The first kappa shape index (κ1) is 23.6. The van der Waals surface area contributed by atoms with Gasteiger partial charge in [-0.25, -0.2) is 4.98 Å². The fourth-order valence-electron chi connectivity index (χ4n) is 4.06. The number of rotatable bonds is 7. The van der Waals surface area contributed by atoms with Crippen LogP contribution in [-0.2, 0) is 0 Å². The number of nitrogens with one attached hydrogen (secondary N) is 2. The van der Waals surface area contributed by atoms with Crippen LogP contribution < -0.4 is 15.5 Å². The number of oxazole rings is 1. The largest absolute Gasteiger partial charge is 0.418 e. The Morgan fingerprint density at radius 3 is 2.44 bits per heavy atom. The second kappa shape index (κ2) is 10.1. The summed E-state index contributed by atoms with van der Waals surface area (Å²) in [6, 6.07) is 4.15. The number of benzene rings is 1. The quantitative estimate of drug-likeness (QED) is 0.476.